The standard InChI is InChI=1S/C21H26N4O4S/c1-4-29-21(26)18(11-14(2)3)25-30(27,28)17-7-5-15(6-8-17)12-16-9-10-22-20-19(16)23-13-24-20/h5-10,13-14,18,25H,4,11-12H2,1-3H3,(H,22,23,24)/t18-/m0/s1. The van der Waals surface area contributed by atoms with E-state index >= 15 is 0 Å². The Hall–Kier alpha value is -2.78. The predicted octanol–water partition coefficient (Wildman–Crippen LogP) is 2.80. The minimum absolute atomic E-state index is 0.103. The Morgan fingerprint density at radius 1 is 1.17 bits per heavy atom. The van der Waals surface area contributed by atoms with Gasteiger partial charge in [-0.1, -0.05) is 26.0 Å². The number of rotatable bonds is 9. The molecule has 0 amide bonds. The van der Waals surface area contributed by atoms with Gasteiger partial charge >= 0.3 is 5.97 Å². The number of benzene rings is 1. The van der Waals surface area contributed by atoms with Crippen LogP contribution in [0.15, 0.2) is 47.8 Å². The number of imidazole rings is 1. The van der Waals surface area contributed by atoms with E-state index < -0.39 is 22.0 Å². The number of pyridine rings is 1. The molecular formula is C21H26N4O4S. The Morgan fingerprint density at radius 2 is 1.90 bits per heavy atom. The van der Waals surface area contributed by atoms with Crippen LogP contribution in [0.2, 0.25) is 0 Å². The largest absolute Gasteiger partial charge is 0.465 e. The topological polar surface area (TPSA) is 114 Å². The first-order valence-corrected chi connectivity index (χ1v) is 11.3. The van der Waals surface area contributed by atoms with E-state index in [-0.39, 0.29) is 17.4 Å². The van der Waals surface area contributed by atoms with Gasteiger partial charge < -0.3 is 9.72 Å². The van der Waals surface area contributed by atoms with E-state index in [9.17, 15) is 13.2 Å². The summed E-state index contributed by atoms with van der Waals surface area (Å²) in [5.41, 5.74) is 3.47. The molecule has 0 spiro atoms. The van der Waals surface area contributed by atoms with Crippen LogP contribution in [-0.2, 0) is 26.0 Å². The van der Waals surface area contributed by atoms with Gasteiger partial charge in [-0.15, -0.1) is 0 Å². The molecule has 1 atom stereocenters. The van der Waals surface area contributed by atoms with Crippen LogP contribution in [0.3, 0.4) is 0 Å². The first-order valence-electron chi connectivity index (χ1n) is 9.85. The number of aromatic nitrogens is 3. The molecule has 9 heteroatoms. The Bertz CT molecular complexity index is 1110. The van der Waals surface area contributed by atoms with Crippen LogP contribution in [0, 0.1) is 5.92 Å². The summed E-state index contributed by atoms with van der Waals surface area (Å²) in [6.07, 6.45) is 4.26. The summed E-state index contributed by atoms with van der Waals surface area (Å²) < 4.78 is 33.1. The van der Waals surface area contributed by atoms with E-state index in [0.717, 1.165) is 16.6 Å². The monoisotopic (exact) mass is 430 g/mol. The van der Waals surface area contributed by atoms with Gasteiger partial charge in [-0.3, -0.25) is 4.79 Å². The normalized spacial score (nSPS) is 12.9. The van der Waals surface area contributed by atoms with Crippen LogP contribution in [0.25, 0.3) is 11.2 Å². The van der Waals surface area contributed by atoms with E-state index in [2.05, 4.69) is 19.7 Å². The number of nitrogens with zero attached hydrogens (tertiary/aromatic N) is 2. The molecule has 0 aliphatic heterocycles. The number of aromatic amines is 1. The number of esters is 1. The summed E-state index contributed by atoms with van der Waals surface area (Å²) in [7, 11) is -3.86. The van der Waals surface area contributed by atoms with Gasteiger partial charge in [0.2, 0.25) is 10.0 Å². The maximum atomic E-state index is 12.8. The van der Waals surface area contributed by atoms with Gasteiger partial charge in [0.25, 0.3) is 0 Å². The fourth-order valence-electron chi connectivity index (χ4n) is 3.22. The van der Waals surface area contributed by atoms with Crippen molar-refractivity contribution < 1.29 is 17.9 Å². The molecule has 3 aromatic rings. The number of H-pyrrole nitrogens is 1. The molecule has 30 heavy (non-hydrogen) atoms. The van der Waals surface area contributed by atoms with E-state index in [4.69, 9.17) is 4.74 Å². The van der Waals surface area contributed by atoms with Gasteiger partial charge in [0.15, 0.2) is 5.65 Å². The van der Waals surface area contributed by atoms with Gasteiger partial charge in [0.1, 0.15) is 6.04 Å². The van der Waals surface area contributed by atoms with Crippen LogP contribution >= 0.6 is 0 Å². The molecule has 0 radical (unpaired) electrons. The highest BCUT2D eigenvalue weighted by Gasteiger charge is 2.27. The summed E-state index contributed by atoms with van der Waals surface area (Å²) in [6.45, 7) is 5.73. The molecule has 0 fully saturated rings. The molecule has 2 heterocycles. The average molecular weight is 431 g/mol. The first-order chi connectivity index (χ1) is 14.3. The first kappa shape index (κ1) is 21.9. The molecule has 2 N–H and O–H groups in total. The fraction of sp³-hybridized carbons (Fsp3) is 0.381. The number of fused-ring (bicyclic) bond motifs is 1. The molecule has 160 valence electrons. The molecular weight excluding hydrogens is 404 g/mol. The van der Waals surface area contributed by atoms with Crippen LogP contribution in [0.4, 0.5) is 0 Å². The van der Waals surface area contributed by atoms with E-state index in [1.165, 1.54) is 0 Å². The summed E-state index contributed by atoms with van der Waals surface area (Å²) in [4.78, 5) is 23.7. The Balaban J connectivity index is 1.76. The number of carbonyl (C=O) groups excluding carboxylic acids is 1. The number of sulfonamides is 1. The zero-order valence-electron chi connectivity index (χ0n) is 17.3. The average Bonchev–Trinajstić information content (AvgIpc) is 3.17. The lowest BCUT2D eigenvalue weighted by Crippen LogP contribution is -2.42. The van der Waals surface area contributed by atoms with Crippen molar-refractivity contribution in [3.63, 3.8) is 0 Å². The summed E-state index contributed by atoms with van der Waals surface area (Å²) in [5, 5.41) is 0. The van der Waals surface area contributed by atoms with Crippen molar-refractivity contribution in [1.29, 1.82) is 0 Å². The number of hydrogen-bond donors (Lipinski definition) is 2. The number of hydrogen-bond acceptors (Lipinski definition) is 6. The van der Waals surface area contributed by atoms with Crippen LogP contribution in [-0.4, -0.2) is 42.0 Å². The quantitative estimate of drug-likeness (QED) is 0.505. The van der Waals surface area contributed by atoms with E-state index in [1.807, 2.05) is 19.9 Å². The third-order valence-electron chi connectivity index (χ3n) is 4.62. The molecule has 1 aromatic carbocycles. The lowest BCUT2D eigenvalue weighted by Gasteiger charge is -2.19. The molecule has 0 bridgehead atoms. The summed E-state index contributed by atoms with van der Waals surface area (Å²) >= 11 is 0. The lowest BCUT2D eigenvalue weighted by molar-refractivity contribution is -0.145. The maximum Gasteiger partial charge on any atom is 0.324 e. The molecule has 0 unspecified atom stereocenters. The van der Waals surface area contributed by atoms with Crippen LogP contribution in [0.5, 0.6) is 0 Å². The molecule has 2 aromatic heterocycles. The SMILES string of the molecule is CCOC(=O)[C@H](CC(C)C)NS(=O)(=O)c1ccc(Cc2ccnc3nc[nH]c23)cc1. The van der Waals surface area contributed by atoms with Crippen LogP contribution in [0.1, 0.15) is 38.3 Å². The van der Waals surface area contributed by atoms with Gasteiger partial charge in [-0.25, -0.2) is 18.4 Å². The minimum Gasteiger partial charge on any atom is -0.465 e. The van der Waals surface area contributed by atoms with E-state index in [0.29, 0.717) is 18.5 Å². The zero-order valence-corrected chi connectivity index (χ0v) is 18.1. The van der Waals surface area contributed by atoms with Crippen molar-refractivity contribution >= 4 is 27.2 Å². The zero-order chi connectivity index (χ0) is 21.7. The Labute approximate surface area is 176 Å². The van der Waals surface area contributed by atoms with Crippen molar-refractivity contribution in [2.45, 2.75) is 44.6 Å². The molecule has 0 saturated heterocycles. The lowest BCUT2D eigenvalue weighted by atomic mass is 10.1. The highest BCUT2D eigenvalue weighted by atomic mass is 32.2. The van der Waals surface area contributed by atoms with Crippen molar-refractivity contribution in [2.24, 2.45) is 5.92 Å². The number of nitrogens with one attached hydrogen (secondary N) is 2. The van der Waals surface area contributed by atoms with Crippen molar-refractivity contribution in [2.75, 3.05) is 6.61 Å². The second-order valence-electron chi connectivity index (χ2n) is 7.45. The molecule has 3 rings (SSSR count). The fourth-order valence-corrected chi connectivity index (χ4v) is 4.42. The van der Waals surface area contributed by atoms with Crippen molar-refractivity contribution in [3.8, 4) is 0 Å². The molecule has 0 aliphatic carbocycles. The maximum absolute atomic E-state index is 12.8. The number of ether oxygens (including phenoxy) is 1. The third-order valence-corrected chi connectivity index (χ3v) is 6.10. The van der Waals surface area contributed by atoms with E-state index in [1.54, 1.807) is 43.7 Å². The highest BCUT2D eigenvalue weighted by molar-refractivity contribution is 7.89. The summed E-state index contributed by atoms with van der Waals surface area (Å²) in [5.74, 6) is -0.434. The third kappa shape index (κ3) is 5.22. The minimum atomic E-state index is -3.86. The smallest absolute Gasteiger partial charge is 0.324 e. The second kappa shape index (κ2) is 9.36. The Kier molecular flexibility index (Phi) is 6.84. The second-order valence-corrected chi connectivity index (χ2v) is 9.16. The molecule has 0 saturated carbocycles. The Morgan fingerprint density at radius 3 is 2.57 bits per heavy atom. The van der Waals surface area contributed by atoms with Gasteiger partial charge in [-0.2, -0.15) is 4.72 Å². The number of carbonyl (C=O) groups is 1. The highest BCUT2D eigenvalue weighted by Crippen LogP contribution is 2.19. The van der Waals surface area contributed by atoms with Gasteiger partial charge in [-0.05, 0) is 55.0 Å². The molecule has 0 aliphatic rings. The van der Waals surface area contributed by atoms with Gasteiger partial charge in [0, 0.05) is 6.20 Å². The summed E-state index contributed by atoms with van der Waals surface area (Å²) in [6, 6.07) is 7.60. The van der Waals surface area contributed by atoms with Crippen molar-refractivity contribution in [1.82, 2.24) is 19.7 Å². The predicted molar refractivity (Wildman–Crippen MR) is 113 cm³/mol. The van der Waals surface area contributed by atoms with Crippen molar-refractivity contribution in [3.05, 3.63) is 54.0 Å². The van der Waals surface area contributed by atoms with Crippen LogP contribution < -0.4 is 4.72 Å². The molecule has 8 nitrogen and oxygen atoms in total. The van der Waals surface area contributed by atoms with Gasteiger partial charge in [0.05, 0.1) is 23.3 Å².